The van der Waals surface area contributed by atoms with E-state index in [1.807, 2.05) is 54.3 Å². The molecule has 2 aromatic carbocycles. The number of rotatable bonds is 3. The van der Waals surface area contributed by atoms with Crippen molar-refractivity contribution in [3.8, 4) is 5.75 Å². The second-order valence-corrected chi connectivity index (χ2v) is 6.21. The maximum atomic E-state index is 12.4. The molecule has 0 aliphatic carbocycles. The molecular weight excluding hydrogens is 316 g/mol. The van der Waals surface area contributed by atoms with Gasteiger partial charge >= 0.3 is 6.09 Å². The number of benzene rings is 2. The molecule has 0 atom stereocenters. The molecule has 0 aromatic heterocycles. The fourth-order valence-corrected chi connectivity index (χ4v) is 2.90. The Balaban J connectivity index is 1.49. The van der Waals surface area contributed by atoms with Crippen LogP contribution in [0.5, 0.6) is 5.75 Å². The predicted molar refractivity (Wildman–Crippen MR) is 95.5 cm³/mol. The molecule has 1 heterocycles. The molecule has 2 amide bonds. The van der Waals surface area contributed by atoms with Gasteiger partial charge in [-0.15, -0.1) is 0 Å². The summed E-state index contributed by atoms with van der Waals surface area (Å²) in [4.78, 5) is 28.1. The summed E-state index contributed by atoms with van der Waals surface area (Å²) in [6.07, 6.45) is 0.0350. The van der Waals surface area contributed by atoms with Gasteiger partial charge in [-0.1, -0.05) is 48.0 Å². The van der Waals surface area contributed by atoms with Crippen molar-refractivity contribution < 1.29 is 14.3 Å². The molecule has 2 aromatic rings. The maximum absolute atomic E-state index is 12.4. The molecule has 5 nitrogen and oxygen atoms in total. The molecule has 0 spiro atoms. The lowest BCUT2D eigenvalue weighted by Gasteiger charge is -2.34. The summed E-state index contributed by atoms with van der Waals surface area (Å²) in [5.74, 6) is 0.632. The van der Waals surface area contributed by atoms with E-state index in [-0.39, 0.29) is 12.0 Å². The number of hydrogen-bond donors (Lipinski definition) is 0. The van der Waals surface area contributed by atoms with E-state index in [0.717, 1.165) is 11.1 Å². The van der Waals surface area contributed by atoms with Crippen molar-refractivity contribution in [2.75, 3.05) is 26.2 Å². The zero-order valence-electron chi connectivity index (χ0n) is 14.4. The number of carbonyl (C=O) groups is 2. The van der Waals surface area contributed by atoms with E-state index < -0.39 is 0 Å². The van der Waals surface area contributed by atoms with Crippen LogP contribution < -0.4 is 4.74 Å². The van der Waals surface area contributed by atoms with Gasteiger partial charge in [0.15, 0.2) is 0 Å². The summed E-state index contributed by atoms with van der Waals surface area (Å²) in [6, 6.07) is 17.0. The van der Waals surface area contributed by atoms with Crippen LogP contribution in [0.4, 0.5) is 4.79 Å². The number of piperazine rings is 1. The van der Waals surface area contributed by atoms with E-state index in [1.165, 1.54) is 0 Å². The molecule has 0 radical (unpaired) electrons. The molecule has 130 valence electrons. The zero-order valence-corrected chi connectivity index (χ0v) is 14.4. The third-order valence-electron chi connectivity index (χ3n) is 4.28. The van der Waals surface area contributed by atoms with Crippen LogP contribution in [0.2, 0.25) is 0 Å². The maximum Gasteiger partial charge on any atom is 0.415 e. The van der Waals surface area contributed by atoms with Gasteiger partial charge < -0.3 is 14.5 Å². The van der Waals surface area contributed by atoms with Gasteiger partial charge in [-0.3, -0.25) is 4.79 Å². The largest absolute Gasteiger partial charge is 0.415 e. The van der Waals surface area contributed by atoms with E-state index in [0.29, 0.717) is 38.3 Å². The Labute approximate surface area is 147 Å². The van der Waals surface area contributed by atoms with Gasteiger partial charge in [0.1, 0.15) is 5.75 Å². The summed E-state index contributed by atoms with van der Waals surface area (Å²) in [7, 11) is 0. The Morgan fingerprint density at radius 3 is 2.28 bits per heavy atom. The normalized spacial score (nSPS) is 14.3. The van der Waals surface area contributed by atoms with Crippen LogP contribution in [0, 0.1) is 6.92 Å². The van der Waals surface area contributed by atoms with Crippen LogP contribution in [0.1, 0.15) is 11.1 Å². The number of nitrogens with zero attached hydrogens (tertiary/aromatic N) is 2. The van der Waals surface area contributed by atoms with Crippen LogP contribution in [-0.2, 0) is 11.2 Å². The van der Waals surface area contributed by atoms with Crippen LogP contribution in [0.3, 0.4) is 0 Å². The summed E-state index contributed by atoms with van der Waals surface area (Å²) >= 11 is 0. The smallest absolute Gasteiger partial charge is 0.410 e. The molecule has 0 bridgehead atoms. The molecule has 1 saturated heterocycles. The highest BCUT2D eigenvalue weighted by Crippen LogP contribution is 2.13. The van der Waals surface area contributed by atoms with E-state index in [9.17, 15) is 9.59 Å². The summed E-state index contributed by atoms with van der Waals surface area (Å²) in [6.45, 7) is 4.07. The van der Waals surface area contributed by atoms with Gasteiger partial charge in [-0.2, -0.15) is 0 Å². The van der Waals surface area contributed by atoms with Crippen molar-refractivity contribution >= 4 is 12.0 Å². The highest BCUT2D eigenvalue weighted by atomic mass is 16.6. The van der Waals surface area contributed by atoms with E-state index in [4.69, 9.17) is 4.74 Å². The van der Waals surface area contributed by atoms with Crippen LogP contribution >= 0.6 is 0 Å². The first kappa shape index (κ1) is 17.0. The molecule has 3 rings (SSSR count). The number of para-hydroxylation sites is 1. The van der Waals surface area contributed by atoms with Gasteiger partial charge in [-0.05, 0) is 24.6 Å². The van der Waals surface area contributed by atoms with Crippen LogP contribution in [0.15, 0.2) is 54.6 Å². The van der Waals surface area contributed by atoms with Crippen molar-refractivity contribution in [1.82, 2.24) is 9.80 Å². The molecule has 0 saturated carbocycles. The third kappa shape index (κ3) is 4.59. The Kier molecular flexibility index (Phi) is 5.33. The fraction of sp³-hybridized carbons (Fsp3) is 0.300. The topological polar surface area (TPSA) is 49.9 Å². The third-order valence-corrected chi connectivity index (χ3v) is 4.28. The van der Waals surface area contributed by atoms with E-state index in [2.05, 4.69) is 0 Å². The van der Waals surface area contributed by atoms with Gasteiger partial charge in [0.05, 0.1) is 6.42 Å². The highest BCUT2D eigenvalue weighted by Gasteiger charge is 2.25. The van der Waals surface area contributed by atoms with E-state index >= 15 is 0 Å². The number of hydrogen-bond acceptors (Lipinski definition) is 3. The molecule has 25 heavy (non-hydrogen) atoms. The van der Waals surface area contributed by atoms with Gasteiger partial charge in [0.25, 0.3) is 0 Å². The zero-order chi connectivity index (χ0) is 17.6. The van der Waals surface area contributed by atoms with Crippen molar-refractivity contribution in [3.05, 3.63) is 65.7 Å². The van der Waals surface area contributed by atoms with Crippen molar-refractivity contribution in [2.24, 2.45) is 0 Å². The lowest BCUT2D eigenvalue weighted by molar-refractivity contribution is -0.132. The monoisotopic (exact) mass is 338 g/mol. The second kappa shape index (κ2) is 7.83. The number of ether oxygens (including phenoxy) is 1. The van der Waals surface area contributed by atoms with Gasteiger partial charge in [0, 0.05) is 26.2 Å². The minimum atomic E-state index is -0.364. The molecule has 1 aliphatic rings. The van der Waals surface area contributed by atoms with Crippen molar-refractivity contribution in [2.45, 2.75) is 13.3 Å². The highest BCUT2D eigenvalue weighted by molar-refractivity contribution is 5.79. The molecule has 0 N–H and O–H groups in total. The summed E-state index contributed by atoms with van der Waals surface area (Å²) in [5, 5.41) is 0. The molecule has 0 unspecified atom stereocenters. The number of carbonyl (C=O) groups excluding carboxylic acids is 2. The Bertz CT molecular complexity index is 738. The van der Waals surface area contributed by atoms with Gasteiger partial charge in [-0.25, -0.2) is 4.79 Å². The first-order valence-electron chi connectivity index (χ1n) is 8.47. The van der Waals surface area contributed by atoms with Crippen LogP contribution in [-0.4, -0.2) is 48.0 Å². The number of amides is 2. The SMILES string of the molecule is Cc1cccc(CC(=O)N2CCN(C(=O)Oc3ccccc3)CC2)c1. The fourth-order valence-electron chi connectivity index (χ4n) is 2.90. The van der Waals surface area contributed by atoms with E-state index in [1.54, 1.807) is 17.0 Å². The van der Waals surface area contributed by atoms with Gasteiger partial charge in [0.2, 0.25) is 5.91 Å². The minimum Gasteiger partial charge on any atom is -0.410 e. The summed E-state index contributed by atoms with van der Waals surface area (Å²) in [5.41, 5.74) is 2.18. The standard InChI is InChI=1S/C20H22N2O3/c1-16-6-5-7-17(14-16)15-19(23)21-10-12-22(13-11-21)20(24)25-18-8-3-2-4-9-18/h2-9,14H,10-13,15H2,1H3. The molecule has 1 fully saturated rings. The Morgan fingerprint density at radius 2 is 1.60 bits per heavy atom. The molecule has 1 aliphatic heterocycles. The first-order chi connectivity index (χ1) is 12.1. The Morgan fingerprint density at radius 1 is 0.920 bits per heavy atom. The second-order valence-electron chi connectivity index (χ2n) is 6.21. The summed E-state index contributed by atoms with van der Waals surface area (Å²) < 4.78 is 5.34. The predicted octanol–water partition coefficient (Wildman–Crippen LogP) is 2.88. The molecular formula is C20H22N2O3. The number of aryl methyl sites for hydroxylation is 1. The lowest BCUT2D eigenvalue weighted by atomic mass is 10.1. The quantitative estimate of drug-likeness (QED) is 0.865. The van der Waals surface area contributed by atoms with Crippen molar-refractivity contribution in [3.63, 3.8) is 0 Å². The first-order valence-corrected chi connectivity index (χ1v) is 8.47. The molecule has 5 heteroatoms. The average molecular weight is 338 g/mol. The average Bonchev–Trinajstić information content (AvgIpc) is 2.62. The van der Waals surface area contributed by atoms with Crippen LogP contribution in [0.25, 0.3) is 0 Å². The Hall–Kier alpha value is -2.82. The lowest BCUT2D eigenvalue weighted by Crippen LogP contribution is -2.51. The minimum absolute atomic E-state index is 0.0988. The van der Waals surface area contributed by atoms with Crippen molar-refractivity contribution in [1.29, 1.82) is 0 Å².